The predicted octanol–water partition coefficient (Wildman–Crippen LogP) is 1.88. The molecule has 2 aromatic rings. The van der Waals surface area contributed by atoms with Gasteiger partial charge in [-0.15, -0.1) is 0 Å². The van der Waals surface area contributed by atoms with Crippen molar-refractivity contribution in [2.75, 3.05) is 6.54 Å². The van der Waals surface area contributed by atoms with Crippen molar-refractivity contribution in [2.45, 2.75) is 26.8 Å². The van der Waals surface area contributed by atoms with Gasteiger partial charge >= 0.3 is 0 Å². The Bertz CT molecular complexity index is 567. The molecule has 0 atom stereocenters. The van der Waals surface area contributed by atoms with Gasteiger partial charge in [0.25, 0.3) is 0 Å². The Labute approximate surface area is 113 Å². The van der Waals surface area contributed by atoms with Gasteiger partial charge in [-0.3, -0.25) is 4.79 Å². The minimum absolute atomic E-state index is 0.0424. The number of Topliss-reactive ketones (excluding diaryl/α,β-unsaturated/α-hetero) is 1. The van der Waals surface area contributed by atoms with Crippen LogP contribution in [0.5, 0.6) is 0 Å². The molecule has 0 saturated heterocycles. The smallest absolute Gasteiger partial charge is 0.187 e. The van der Waals surface area contributed by atoms with E-state index in [1.54, 1.807) is 12.5 Å². The summed E-state index contributed by atoms with van der Waals surface area (Å²) < 4.78 is 1.84. The van der Waals surface area contributed by atoms with Crippen molar-refractivity contribution in [2.24, 2.45) is 5.73 Å². The van der Waals surface area contributed by atoms with E-state index >= 15 is 0 Å². The number of imidazole rings is 1. The number of carbonyl (C=O) groups excluding carboxylic acids is 1. The van der Waals surface area contributed by atoms with E-state index in [4.69, 9.17) is 5.73 Å². The molecule has 19 heavy (non-hydrogen) atoms. The van der Waals surface area contributed by atoms with Crippen molar-refractivity contribution in [1.82, 2.24) is 9.55 Å². The molecule has 1 aromatic carbocycles. The Kier molecular flexibility index (Phi) is 4.12. The second-order valence-corrected chi connectivity index (χ2v) is 4.88. The maximum absolute atomic E-state index is 12.1. The Morgan fingerprint density at radius 3 is 2.58 bits per heavy atom. The van der Waals surface area contributed by atoms with E-state index in [1.807, 2.05) is 30.5 Å². The molecule has 0 unspecified atom stereocenters. The van der Waals surface area contributed by atoms with Crippen molar-refractivity contribution in [3.63, 3.8) is 0 Å². The number of hydrogen-bond acceptors (Lipinski definition) is 3. The molecule has 1 heterocycles. The largest absolute Gasteiger partial charge is 0.335 e. The molecule has 0 saturated carbocycles. The maximum atomic E-state index is 12.1. The van der Waals surface area contributed by atoms with Gasteiger partial charge in [0.15, 0.2) is 5.78 Å². The monoisotopic (exact) mass is 257 g/mol. The third-order valence-electron chi connectivity index (χ3n) is 2.95. The molecule has 100 valence electrons. The van der Waals surface area contributed by atoms with Gasteiger partial charge in [0, 0.05) is 25.7 Å². The number of benzene rings is 1. The van der Waals surface area contributed by atoms with E-state index in [0.29, 0.717) is 25.2 Å². The summed E-state index contributed by atoms with van der Waals surface area (Å²) in [5.41, 5.74) is 9.37. The topological polar surface area (TPSA) is 60.9 Å². The third kappa shape index (κ3) is 3.51. The Morgan fingerprint density at radius 1 is 1.26 bits per heavy atom. The lowest BCUT2D eigenvalue weighted by Crippen LogP contribution is -2.08. The van der Waals surface area contributed by atoms with Gasteiger partial charge in [-0.05, 0) is 19.4 Å². The molecule has 0 radical (unpaired) electrons. The van der Waals surface area contributed by atoms with Crippen molar-refractivity contribution in [3.05, 3.63) is 53.1 Å². The molecular formula is C15H19N3O. The van der Waals surface area contributed by atoms with Crippen LogP contribution >= 0.6 is 0 Å². The average Bonchev–Trinajstić information content (AvgIpc) is 2.76. The van der Waals surface area contributed by atoms with E-state index in [2.05, 4.69) is 11.1 Å². The van der Waals surface area contributed by atoms with E-state index in [0.717, 1.165) is 5.56 Å². The van der Waals surface area contributed by atoms with Gasteiger partial charge in [-0.2, -0.15) is 0 Å². The first-order valence-electron chi connectivity index (χ1n) is 6.40. The SMILES string of the molecule is Cc1cc(C)cc(CC(=O)c2cn(CCN)cn2)c1. The summed E-state index contributed by atoms with van der Waals surface area (Å²) in [6.45, 7) is 5.30. The zero-order valence-electron chi connectivity index (χ0n) is 11.4. The van der Waals surface area contributed by atoms with Crippen LogP contribution in [-0.4, -0.2) is 21.9 Å². The molecular weight excluding hydrogens is 238 g/mol. The molecule has 0 aliphatic carbocycles. The van der Waals surface area contributed by atoms with Gasteiger partial charge in [-0.1, -0.05) is 29.3 Å². The van der Waals surface area contributed by atoms with Crippen LogP contribution in [0.3, 0.4) is 0 Å². The van der Waals surface area contributed by atoms with Gasteiger partial charge in [0.1, 0.15) is 5.69 Å². The highest BCUT2D eigenvalue weighted by Gasteiger charge is 2.10. The number of carbonyl (C=O) groups is 1. The van der Waals surface area contributed by atoms with Gasteiger partial charge < -0.3 is 10.3 Å². The first-order valence-corrected chi connectivity index (χ1v) is 6.40. The summed E-state index contributed by atoms with van der Waals surface area (Å²) in [4.78, 5) is 16.3. The van der Waals surface area contributed by atoms with E-state index < -0.39 is 0 Å². The fourth-order valence-electron chi connectivity index (χ4n) is 2.22. The first kappa shape index (κ1) is 13.5. The second kappa shape index (κ2) is 5.80. The maximum Gasteiger partial charge on any atom is 0.187 e. The fraction of sp³-hybridized carbons (Fsp3) is 0.333. The normalized spacial score (nSPS) is 10.7. The fourth-order valence-corrected chi connectivity index (χ4v) is 2.22. The minimum Gasteiger partial charge on any atom is -0.335 e. The Hall–Kier alpha value is -1.94. The van der Waals surface area contributed by atoms with Crippen molar-refractivity contribution in [1.29, 1.82) is 0 Å². The molecule has 0 amide bonds. The summed E-state index contributed by atoms with van der Waals surface area (Å²) in [6, 6.07) is 6.19. The van der Waals surface area contributed by atoms with Gasteiger partial charge in [0.2, 0.25) is 0 Å². The number of aryl methyl sites for hydroxylation is 2. The van der Waals surface area contributed by atoms with Gasteiger partial charge in [-0.25, -0.2) is 4.98 Å². The number of nitrogens with two attached hydrogens (primary N) is 1. The van der Waals surface area contributed by atoms with Crippen LogP contribution in [0, 0.1) is 13.8 Å². The lowest BCUT2D eigenvalue weighted by atomic mass is 10.0. The van der Waals surface area contributed by atoms with E-state index in [1.165, 1.54) is 11.1 Å². The lowest BCUT2D eigenvalue weighted by molar-refractivity contribution is 0.0988. The molecule has 2 N–H and O–H groups in total. The quantitative estimate of drug-likeness (QED) is 0.832. The van der Waals surface area contributed by atoms with E-state index in [9.17, 15) is 4.79 Å². The summed E-state index contributed by atoms with van der Waals surface area (Å²) >= 11 is 0. The standard InChI is InChI=1S/C15H19N3O/c1-11-5-12(2)7-13(6-11)8-15(19)14-9-18(4-3-16)10-17-14/h5-7,9-10H,3-4,8,16H2,1-2H3. The molecule has 2 rings (SSSR count). The van der Waals surface area contributed by atoms with Crippen LogP contribution in [-0.2, 0) is 13.0 Å². The van der Waals surface area contributed by atoms with Crippen LogP contribution in [0.1, 0.15) is 27.2 Å². The predicted molar refractivity (Wildman–Crippen MR) is 75.2 cm³/mol. The summed E-state index contributed by atoms with van der Waals surface area (Å²) in [6.07, 6.45) is 3.81. The second-order valence-electron chi connectivity index (χ2n) is 4.88. The molecule has 0 aliphatic heterocycles. The third-order valence-corrected chi connectivity index (χ3v) is 2.95. The summed E-state index contributed by atoms with van der Waals surface area (Å²) in [5, 5.41) is 0. The van der Waals surface area contributed by atoms with Crippen molar-refractivity contribution >= 4 is 5.78 Å². The highest BCUT2D eigenvalue weighted by atomic mass is 16.1. The lowest BCUT2D eigenvalue weighted by Gasteiger charge is -2.03. The van der Waals surface area contributed by atoms with Crippen LogP contribution in [0.4, 0.5) is 0 Å². The molecule has 0 aliphatic rings. The first-order chi connectivity index (χ1) is 9.08. The zero-order chi connectivity index (χ0) is 13.8. The molecule has 0 spiro atoms. The summed E-state index contributed by atoms with van der Waals surface area (Å²) in [7, 11) is 0. The van der Waals surface area contributed by atoms with Crippen LogP contribution in [0.2, 0.25) is 0 Å². The molecule has 4 heteroatoms. The number of nitrogens with zero attached hydrogens (tertiary/aromatic N) is 2. The number of hydrogen-bond donors (Lipinski definition) is 1. The highest BCUT2D eigenvalue weighted by Crippen LogP contribution is 2.11. The Morgan fingerprint density at radius 2 is 1.95 bits per heavy atom. The van der Waals surface area contributed by atoms with Gasteiger partial charge in [0.05, 0.1) is 6.33 Å². The minimum atomic E-state index is 0.0424. The average molecular weight is 257 g/mol. The number of rotatable bonds is 5. The van der Waals surface area contributed by atoms with Crippen molar-refractivity contribution in [3.8, 4) is 0 Å². The molecule has 0 bridgehead atoms. The molecule has 4 nitrogen and oxygen atoms in total. The van der Waals surface area contributed by atoms with Crippen LogP contribution in [0.15, 0.2) is 30.7 Å². The number of ketones is 1. The Balaban J connectivity index is 2.11. The van der Waals surface area contributed by atoms with Crippen LogP contribution < -0.4 is 5.73 Å². The summed E-state index contributed by atoms with van der Waals surface area (Å²) in [5.74, 6) is 0.0424. The molecule has 0 fully saturated rings. The zero-order valence-corrected chi connectivity index (χ0v) is 11.4. The van der Waals surface area contributed by atoms with Crippen molar-refractivity contribution < 1.29 is 4.79 Å². The van der Waals surface area contributed by atoms with E-state index in [-0.39, 0.29) is 5.78 Å². The molecule has 1 aromatic heterocycles. The van der Waals surface area contributed by atoms with Crippen LogP contribution in [0.25, 0.3) is 0 Å². The number of aromatic nitrogens is 2. The highest BCUT2D eigenvalue weighted by molar-refractivity contribution is 5.95.